The highest BCUT2D eigenvalue weighted by Gasteiger charge is 2.48. The van der Waals surface area contributed by atoms with Crippen molar-refractivity contribution in [3.63, 3.8) is 0 Å². The fraction of sp³-hybridized carbons (Fsp3) is 1.00. The summed E-state index contributed by atoms with van der Waals surface area (Å²) in [7, 11) is 0. The van der Waals surface area contributed by atoms with Crippen LogP contribution in [-0.2, 0) is 4.74 Å². The fourth-order valence-corrected chi connectivity index (χ4v) is 2.80. The molecule has 1 nitrogen and oxygen atoms in total. The van der Waals surface area contributed by atoms with E-state index in [4.69, 9.17) is 4.74 Å². The molecule has 2 aliphatic rings. The van der Waals surface area contributed by atoms with Crippen LogP contribution in [0.1, 0.15) is 19.8 Å². The molecular formula is C7H12OS. The van der Waals surface area contributed by atoms with Crippen LogP contribution in [0.25, 0.3) is 0 Å². The molecule has 2 fully saturated rings. The Labute approximate surface area is 60.2 Å². The first-order valence-corrected chi connectivity index (χ1v) is 4.62. The minimum absolute atomic E-state index is 0.293. The highest BCUT2D eigenvalue weighted by Crippen LogP contribution is 2.43. The van der Waals surface area contributed by atoms with Crippen LogP contribution >= 0.6 is 11.8 Å². The molecule has 2 saturated heterocycles. The van der Waals surface area contributed by atoms with Crippen molar-refractivity contribution in [2.24, 2.45) is 0 Å². The number of epoxide rings is 1. The van der Waals surface area contributed by atoms with Gasteiger partial charge in [0.15, 0.2) is 0 Å². The van der Waals surface area contributed by atoms with E-state index in [1.165, 1.54) is 18.6 Å². The largest absolute Gasteiger partial charge is 0.369 e. The molecule has 0 bridgehead atoms. The quantitative estimate of drug-likeness (QED) is 0.519. The fourth-order valence-electron chi connectivity index (χ4n) is 1.36. The van der Waals surface area contributed by atoms with Crippen molar-refractivity contribution in [3.8, 4) is 0 Å². The number of rotatable bonds is 1. The molecule has 0 amide bonds. The van der Waals surface area contributed by atoms with E-state index in [0.29, 0.717) is 5.60 Å². The SMILES string of the molecule is CC1(C2CCCS2)CO1. The third kappa shape index (κ3) is 0.987. The summed E-state index contributed by atoms with van der Waals surface area (Å²) in [5.41, 5.74) is 0.293. The third-order valence-corrected chi connectivity index (χ3v) is 3.87. The molecule has 2 heteroatoms. The lowest BCUT2D eigenvalue weighted by Crippen LogP contribution is -2.19. The zero-order chi connectivity index (χ0) is 6.32. The van der Waals surface area contributed by atoms with Gasteiger partial charge in [-0.3, -0.25) is 0 Å². The summed E-state index contributed by atoms with van der Waals surface area (Å²) in [6.45, 7) is 3.24. The molecule has 0 radical (unpaired) electrons. The molecule has 2 rings (SSSR count). The lowest BCUT2D eigenvalue weighted by atomic mass is 10.1. The monoisotopic (exact) mass is 144 g/mol. The van der Waals surface area contributed by atoms with Crippen molar-refractivity contribution >= 4 is 11.8 Å². The summed E-state index contributed by atoms with van der Waals surface area (Å²) in [5.74, 6) is 1.35. The standard InChI is InChI=1S/C7H12OS/c1-7(5-8-7)6-3-2-4-9-6/h6H,2-5H2,1H3. The minimum atomic E-state index is 0.293. The molecule has 2 atom stereocenters. The number of hydrogen-bond acceptors (Lipinski definition) is 2. The molecule has 0 spiro atoms. The molecule has 9 heavy (non-hydrogen) atoms. The second kappa shape index (κ2) is 1.89. The van der Waals surface area contributed by atoms with E-state index in [0.717, 1.165) is 11.9 Å². The van der Waals surface area contributed by atoms with Gasteiger partial charge in [0.2, 0.25) is 0 Å². The maximum atomic E-state index is 5.36. The Kier molecular flexibility index (Phi) is 1.27. The first-order chi connectivity index (χ1) is 4.31. The third-order valence-electron chi connectivity index (χ3n) is 2.21. The van der Waals surface area contributed by atoms with Crippen LogP contribution in [0, 0.1) is 0 Å². The van der Waals surface area contributed by atoms with Crippen LogP contribution in [0.15, 0.2) is 0 Å². The van der Waals surface area contributed by atoms with Crippen LogP contribution in [0.4, 0.5) is 0 Å². The topological polar surface area (TPSA) is 12.5 Å². The highest BCUT2D eigenvalue weighted by atomic mass is 32.2. The molecule has 0 aromatic carbocycles. The Morgan fingerprint density at radius 2 is 2.44 bits per heavy atom. The molecule has 2 aliphatic heterocycles. The van der Waals surface area contributed by atoms with Gasteiger partial charge in [-0.05, 0) is 25.5 Å². The lowest BCUT2D eigenvalue weighted by Gasteiger charge is -2.11. The van der Waals surface area contributed by atoms with Crippen molar-refractivity contribution < 1.29 is 4.74 Å². The first kappa shape index (κ1) is 6.05. The summed E-state index contributed by atoms with van der Waals surface area (Å²) < 4.78 is 5.36. The average molecular weight is 144 g/mol. The summed E-state index contributed by atoms with van der Waals surface area (Å²) >= 11 is 2.09. The molecule has 0 saturated carbocycles. The van der Waals surface area contributed by atoms with Crippen molar-refractivity contribution in [3.05, 3.63) is 0 Å². The van der Waals surface area contributed by atoms with Gasteiger partial charge in [-0.25, -0.2) is 0 Å². The van der Waals surface area contributed by atoms with Crippen molar-refractivity contribution in [2.45, 2.75) is 30.6 Å². The molecule has 0 N–H and O–H groups in total. The Balaban J connectivity index is 1.97. The van der Waals surface area contributed by atoms with E-state index in [1.54, 1.807) is 0 Å². The van der Waals surface area contributed by atoms with Crippen LogP contribution in [0.2, 0.25) is 0 Å². The predicted molar refractivity (Wildman–Crippen MR) is 39.8 cm³/mol. The molecule has 52 valence electrons. The highest BCUT2D eigenvalue weighted by molar-refractivity contribution is 8.00. The number of hydrogen-bond donors (Lipinski definition) is 0. The lowest BCUT2D eigenvalue weighted by molar-refractivity contribution is 0.314. The van der Waals surface area contributed by atoms with E-state index >= 15 is 0 Å². The second-order valence-corrected chi connectivity index (χ2v) is 4.41. The van der Waals surface area contributed by atoms with Gasteiger partial charge < -0.3 is 4.74 Å². The van der Waals surface area contributed by atoms with Crippen LogP contribution in [0.5, 0.6) is 0 Å². The van der Waals surface area contributed by atoms with Gasteiger partial charge in [0.25, 0.3) is 0 Å². The van der Waals surface area contributed by atoms with Gasteiger partial charge in [0.1, 0.15) is 5.60 Å². The molecule has 0 aromatic rings. The van der Waals surface area contributed by atoms with Crippen molar-refractivity contribution in [1.29, 1.82) is 0 Å². The van der Waals surface area contributed by atoms with E-state index in [-0.39, 0.29) is 0 Å². The van der Waals surface area contributed by atoms with Gasteiger partial charge in [0.05, 0.1) is 6.61 Å². The molecular weight excluding hydrogens is 132 g/mol. The first-order valence-electron chi connectivity index (χ1n) is 3.57. The van der Waals surface area contributed by atoms with Gasteiger partial charge in [-0.2, -0.15) is 11.8 Å². The van der Waals surface area contributed by atoms with Crippen LogP contribution in [-0.4, -0.2) is 23.2 Å². The zero-order valence-corrected chi connectivity index (χ0v) is 6.54. The maximum absolute atomic E-state index is 5.36. The number of thioether (sulfide) groups is 1. The summed E-state index contributed by atoms with van der Waals surface area (Å²) in [6.07, 6.45) is 2.77. The van der Waals surface area contributed by atoms with E-state index < -0.39 is 0 Å². The van der Waals surface area contributed by atoms with E-state index in [9.17, 15) is 0 Å². The molecule has 0 aliphatic carbocycles. The summed E-state index contributed by atoms with van der Waals surface area (Å²) in [4.78, 5) is 0. The Morgan fingerprint density at radius 1 is 1.67 bits per heavy atom. The summed E-state index contributed by atoms with van der Waals surface area (Å²) in [5, 5.41) is 0.817. The Bertz CT molecular complexity index is 114. The average Bonchev–Trinajstić information content (AvgIpc) is 2.46. The second-order valence-electron chi connectivity index (χ2n) is 3.10. The molecule has 2 heterocycles. The Hall–Kier alpha value is 0.310. The van der Waals surface area contributed by atoms with Gasteiger partial charge >= 0.3 is 0 Å². The predicted octanol–water partition coefficient (Wildman–Crippen LogP) is 1.67. The molecule has 0 aromatic heterocycles. The van der Waals surface area contributed by atoms with Crippen molar-refractivity contribution in [1.82, 2.24) is 0 Å². The smallest absolute Gasteiger partial charge is 0.101 e. The maximum Gasteiger partial charge on any atom is 0.101 e. The van der Waals surface area contributed by atoms with E-state index in [1.807, 2.05) is 0 Å². The summed E-state index contributed by atoms with van der Waals surface area (Å²) in [6, 6.07) is 0. The number of ether oxygens (including phenoxy) is 1. The zero-order valence-electron chi connectivity index (χ0n) is 5.72. The molecule has 2 unspecified atom stereocenters. The normalized spacial score (nSPS) is 49.7. The minimum Gasteiger partial charge on any atom is -0.369 e. The van der Waals surface area contributed by atoms with Gasteiger partial charge in [-0.1, -0.05) is 0 Å². The van der Waals surface area contributed by atoms with Gasteiger partial charge in [-0.15, -0.1) is 0 Å². The van der Waals surface area contributed by atoms with Crippen LogP contribution < -0.4 is 0 Å². The Morgan fingerprint density at radius 3 is 2.89 bits per heavy atom. The van der Waals surface area contributed by atoms with Gasteiger partial charge in [0, 0.05) is 5.25 Å². The van der Waals surface area contributed by atoms with Crippen LogP contribution in [0.3, 0.4) is 0 Å². The van der Waals surface area contributed by atoms with Crippen molar-refractivity contribution in [2.75, 3.05) is 12.4 Å². The van der Waals surface area contributed by atoms with E-state index in [2.05, 4.69) is 18.7 Å².